The number of carbonyl (C=O) groups is 1. The number of likely N-dealkylation sites (N-methyl/N-ethyl adjacent to an activating group) is 1. The topological polar surface area (TPSA) is 113 Å². The molecule has 0 bridgehead atoms. The van der Waals surface area contributed by atoms with Crippen LogP contribution in [-0.4, -0.2) is 29.1 Å². The van der Waals surface area contributed by atoms with Crippen molar-refractivity contribution in [3.63, 3.8) is 0 Å². The molecule has 0 saturated heterocycles. The number of hydrogen-bond donors (Lipinski definition) is 3. The second kappa shape index (κ2) is 9.23. The second-order valence-corrected chi connectivity index (χ2v) is 7.03. The van der Waals surface area contributed by atoms with E-state index < -0.39 is 11.2 Å². The van der Waals surface area contributed by atoms with E-state index in [4.69, 9.17) is 5.73 Å². The molecular formula is C22H25N5O3. The fourth-order valence-corrected chi connectivity index (χ4v) is 3.17. The van der Waals surface area contributed by atoms with Crippen molar-refractivity contribution < 1.29 is 4.79 Å². The van der Waals surface area contributed by atoms with Crippen LogP contribution in [0.2, 0.25) is 0 Å². The first-order valence-electron chi connectivity index (χ1n) is 9.60. The summed E-state index contributed by atoms with van der Waals surface area (Å²) in [5, 5.41) is 3.14. The predicted molar refractivity (Wildman–Crippen MR) is 118 cm³/mol. The van der Waals surface area contributed by atoms with Crippen LogP contribution in [0, 0.1) is 0 Å². The average molecular weight is 407 g/mol. The zero-order valence-electron chi connectivity index (χ0n) is 17.0. The lowest BCUT2D eigenvalue weighted by Crippen LogP contribution is -2.42. The van der Waals surface area contributed by atoms with Crippen LogP contribution >= 0.6 is 0 Å². The molecule has 1 unspecified atom stereocenters. The summed E-state index contributed by atoms with van der Waals surface area (Å²) in [7, 11) is 1.47. The molecule has 3 aromatic rings. The standard InChI is InChI=1S/C22H25N5O3/c1-15(17-11-7-4-8-12-17)24-13-18(28)26(2)19-20(23)27(22(30)25-21(19)29)14-16-9-5-3-6-10-16/h3-12,15,24H,13-14,23H2,1-2H3,(H,25,29,30). The van der Waals surface area contributed by atoms with Crippen LogP contribution in [0.25, 0.3) is 0 Å². The van der Waals surface area contributed by atoms with Crippen molar-refractivity contribution in [2.75, 3.05) is 24.2 Å². The third-order valence-corrected chi connectivity index (χ3v) is 4.97. The predicted octanol–water partition coefficient (Wildman–Crippen LogP) is 1.48. The van der Waals surface area contributed by atoms with Crippen LogP contribution in [0.5, 0.6) is 0 Å². The highest BCUT2D eigenvalue weighted by atomic mass is 16.2. The summed E-state index contributed by atoms with van der Waals surface area (Å²) in [6.45, 7) is 2.13. The number of aromatic nitrogens is 2. The van der Waals surface area contributed by atoms with Crippen molar-refractivity contribution >= 4 is 17.4 Å². The number of nitrogen functional groups attached to an aromatic ring is 1. The Morgan fingerprint density at radius 3 is 2.33 bits per heavy atom. The molecule has 0 radical (unpaired) electrons. The van der Waals surface area contributed by atoms with Crippen molar-refractivity contribution in [2.45, 2.75) is 19.5 Å². The summed E-state index contributed by atoms with van der Waals surface area (Å²) in [6.07, 6.45) is 0. The number of carbonyl (C=O) groups excluding carboxylic acids is 1. The van der Waals surface area contributed by atoms with Gasteiger partial charge in [-0.05, 0) is 18.1 Å². The van der Waals surface area contributed by atoms with Gasteiger partial charge in [0.25, 0.3) is 5.56 Å². The molecule has 4 N–H and O–H groups in total. The number of rotatable bonds is 7. The molecule has 0 aliphatic heterocycles. The molecule has 1 aromatic heterocycles. The van der Waals surface area contributed by atoms with Gasteiger partial charge in [0.1, 0.15) is 5.82 Å². The van der Waals surface area contributed by atoms with E-state index in [2.05, 4.69) is 10.3 Å². The molecule has 0 saturated carbocycles. The van der Waals surface area contributed by atoms with Crippen LogP contribution in [0.1, 0.15) is 24.1 Å². The number of anilines is 2. The van der Waals surface area contributed by atoms with Gasteiger partial charge >= 0.3 is 5.69 Å². The Hall–Kier alpha value is -3.65. The Morgan fingerprint density at radius 1 is 1.10 bits per heavy atom. The highest BCUT2D eigenvalue weighted by molar-refractivity contribution is 5.96. The van der Waals surface area contributed by atoms with Crippen LogP contribution in [0.3, 0.4) is 0 Å². The maximum absolute atomic E-state index is 12.7. The normalized spacial score (nSPS) is 11.8. The molecule has 0 aliphatic rings. The van der Waals surface area contributed by atoms with Crippen molar-refractivity contribution in [1.82, 2.24) is 14.9 Å². The lowest BCUT2D eigenvalue weighted by atomic mass is 10.1. The van der Waals surface area contributed by atoms with Crippen LogP contribution < -0.4 is 27.2 Å². The molecule has 1 atom stereocenters. The van der Waals surface area contributed by atoms with Gasteiger partial charge in [0.05, 0.1) is 13.1 Å². The van der Waals surface area contributed by atoms with E-state index in [1.54, 1.807) is 0 Å². The van der Waals surface area contributed by atoms with E-state index in [1.165, 1.54) is 16.5 Å². The third kappa shape index (κ3) is 4.66. The molecule has 1 amide bonds. The van der Waals surface area contributed by atoms with Crippen molar-refractivity contribution in [3.8, 4) is 0 Å². The minimum absolute atomic E-state index is 0.00323. The smallest absolute Gasteiger partial charge is 0.330 e. The largest absolute Gasteiger partial charge is 0.383 e. The summed E-state index contributed by atoms with van der Waals surface area (Å²) < 4.78 is 1.25. The lowest BCUT2D eigenvalue weighted by Gasteiger charge is -2.22. The van der Waals surface area contributed by atoms with Gasteiger partial charge in [0.15, 0.2) is 5.69 Å². The number of nitrogens with two attached hydrogens (primary N) is 1. The van der Waals surface area contributed by atoms with Gasteiger partial charge < -0.3 is 16.0 Å². The van der Waals surface area contributed by atoms with Gasteiger partial charge in [-0.2, -0.15) is 0 Å². The minimum Gasteiger partial charge on any atom is -0.383 e. The lowest BCUT2D eigenvalue weighted by molar-refractivity contribution is -0.117. The molecule has 2 aromatic carbocycles. The van der Waals surface area contributed by atoms with E-state index in [1.807, 2.05) is 67.6 Å². The monoisotopic (exact) mass is 407 g/mol. The van der Waals surface area contributed by atoms with Gasteiger partial charge in [-0.1, -0.05) is 60.7 Å². The zero-order chi connectivity index (χ0) is 21.7. The fraction of sp³-hybridized carbons (Fsp3) is 0.227. The second-order valence-electron chi connectivity index (χ2n) is 7.03. The molecule has 8 heteroatoms. The fourth-order valence-electron chi connectivity index (χ4n) is 3.17. The summed E-state index contributed by atoms with van der Waals surface area (Å²) in [5.74, 6) is -0.403. The Morgan fingerprint density at radius 2 is 1.70 bits per heavy atom. The van der Waals surface area contributed by atoms with Crippen LogP contribution in [0.15, 0.2) is 70.3 Å². The molecule has 3 rings (SSSR count). The van der Waals surface area contributed by atoms with E-state index in [0.717, 1.165) is 11.1 Å². The van der Waals surface area contributed by atoms with E-state index >= 15 is 0 Å². The Balaban J connectivity index is 1.80. The number of nitrogens with zero attached hydrogens (tertiary/aromatic N) is 2. The maximum atomic E-state index is 12.7. The van der Waals surface area contributed by atoms with Gasteiger partial charge in [-0.25, -0.2) is 4.79 Å². The zero-order valence-corrected chi connectivity index (χ0v) is 17.0. The van der Waals surface area contributed by atoms with Gasteiger partial charge in [-0.15, -0.1) is 0 Å². The highest BCUT2D eigenvalue weighted by Gasteiger charge is 2.21. The summed E-state index contributed by atoms with van der Waals surface area (Å²) >= 11 is 0. The van der Waals surface area contributed by atoms with Gasteiger partial charge in [0, 0.05) is 13.1 Å². The van der Waals surface area contributed by atoms with Crippen molar-refractivity contribution in [1.29, 1.82) is 0 Å². The first-order chi connectivity index (χ1) is 14.4. The quantitative estimate of drug-likeness (QED) is 0.549. The number of hydrogen-bond acceptors (Lipinski definition) is 5. The average Bonchev–Trinajstić information content (AvgIpc) is 2.75. The molecule has 1 heterocycles. The molecule has 0 spiro atoms. The van der Waals surface area contributed by atoms with E-state index in [-0.39, 0.29) is 36.5 Å². The Labute approximate surface area is 174 Å². The summed E-state index contributed by atoms with van der Waals surface area (Å²) in [5.41, 5.74) is 6.66. The number of amides is 1. The molecule has 156 valence electrons. The first-order valence-corrected chi connectivity index (χ1v) is 9.60. The van der Waals surface area contributed by atoms with Crippen LogP contribution in [-0.2, 0) is 11.3 Å². The Bertz CT molecular complexity index is 1120. The third-order valence-electron chi connectivity index (χ3n) is 4.97. The number of benzene rings is 2. The van der Waals surface area contributed by atoms with E-state index in [9.17, 15) is 14.4 Å². The number of aromatic amines is 1. The maximum Gasteiger partial charge on any atom is 0.330 e. The Kier molecular flexibility index (Phi) is 6.48. The summed E-state index contributed by atoms with van der Waals surface area (Å²) in [4.78, 5) is 40.8. The van der Waals surface area contributed by atoms with E-state index in [0.29, 0.717) is 0 Å². The van der Waals surface area contributed by atoms with Crippen LogP contribution in [0.4, 0.5) is 11.5 Å². The van der Waals surface area contributed by atoms with Crippen molar-refractivity contribution in [3.05, 3.63) is 92.6 Å². The summed E-state index contributed by atoms with van der Waals surface area (Å²) in [6, 6.07) is 18.9. The SMILES string of the molecule is CC(NCC(=O)N(C)c1c(N)n(Cc2ccccc2)c(=O)[nH]c1=O)c1ccccc1. The molecular weight excluding hydrogens is 382 g/mol. The number of H-pyrrole nitrogens is 1. The molecule has 8 nitrogen and oxygen atoms in total. The molecule has 0 aliphatic carbocycles. The minimum atomic E-state index is -0.700. The first kappa shape index (κ1) is 21.1. The van der Waals surface area contributed by atoms with Crippen molar-refractivity contribution in [2.24, 2.45) is 0 Å². The molecule has 0 fully saturated rings. The number of nitrogens with one attached hydrogen (secondary N) is 2. The van der Waals surface area contributed by atoms with Gasteiger partial charge in [-0.3, -0.25) is 19.1 Å². The highest BCUT2D eigenvalue weighted by Crippen LogP contribution is 2.17. The molecule has 30 heavy (non-hydrogen) atoms. The van der Waals surface area contributed by atoms with Gasteiger partial charge in [0.2, 0.25) is 5.91 Å².